The van der Waals surface area contributed by atoms with Gasteiger partial charge in [-0.3, -0.25) is 9.59 Å². The first-order valence-electron chi connectivity index (χ1n) is 11.9. The van der Waals surface area contributed by atoms with Crippen molar-refractivity contribution in [3.05, 3.63) is 59.4 Å². The summed E-state index contributed by atoms with van der Waals surface area (Å²) in [6.45, 7) is -0.466. The number of benzene rings is 2. The lowest BCUT2D eigenvalue weighted by atomic mass is 9.81. The van der Waals surface area contributed by atoms with E-state index in [1.165, 1.54) is 18.2 Å². The van der Waals surface area contributed by atoms with E-state index in [1.807, 2.05) is 0 Å². The minimum atomic E-state index is -2.97. The average molecular weight is 526 g/mol. The number of likely N-dealkylation sites (tertiary alicyclic amines) is 1. The lowest BCUT2D eigenvalue weighted by Gasteiger charge is -2.43. The molecule has 2 aromatic rings. The number of carbonyl (C=O) groups is 2. The zero-order valence-corrected chi connectivity index (χ0v) is 19.5. The summed E-state index contributed by atoms with van der Waals surface area (Å²) in [7, 11) is 0. The molecule has 2 saturated heterocycles. The summed E-state index contributed by atoms with van der Waals surface area (Å²) < 4.78 is 90.7. The number of amides is 2. The van der Waals surface area contributed by atoms with Gasteiger partial charge in [0, 0.05) is 24.0 Å². The fourth-order valence-corrected chi connectivity index (χ4v) is 5.73. The maximum Gasteiger partial charge on any atom is 0.258 e. The van der Waals surface area contributed by atoms with Crippen LogP contribution in [-0.2, 0) is 20.7 Å². The Morgan fingerprint density at radius 2 is 1.84 bits per heavy atom. The lowest BCUT2D eigenvalue weighted by Crippen LogP contribution is -2.64. The van der Waals surface area contributed by atoms with Crippen LogP contribution >= 0.6 is 0 Å². The van der Waals surface area contributed by atoms with Gasteiger partial charge in [-0.25, -0.2) is 26.3 Å². The minimum Gasteiger partial charge on any atom is -0.369 e. The van der Waals surface area contributed by atoms with Crippen molar-refractivity contribution in [2.75, 3.05) is 13.2 Å². The molecular formula is C26H24F6N2O3. The van der Waals surface area contributed by atoms with Crippen LogP contribution in [0, 0.1) is 23.4 Å². The molecule has 1 spiro atoms. The average Bonchev–Trinajstić information content (AvgIpc) is 3.10. The highest BCUT2D eigenvalue weighted by molar-refractivity contribution is 5.83. The number of morpholine rings is 1. The molecule has 1 saturated carbocycles. The van der Waals surface area contributed by atoms with Crippen LogP contribution < -0.4 is 5.32 Å². The molecule has 0 radical (unpaired) electrons. The van der Waals surface area contributed by atoms with Crippen LogP contribution in [0.3, 0.4) is 0 Å². The number of hydrogen-bond donors (Lipinski definition) is 1. The first-order valence-corrected chi connectivity index (χ1v) is 11.9. The number of ether oxygens (including phenoxy) is 1. The van der Waals surface area contributed by atoms with Crippen molar-refractivity contribution in [2.45, 2.75) is 55.9 Å². The van der Waals surface area contributed by atoms with Crippen LogP contribution in [0.2, 0.25) is 0 Å². The van der Waals surface area contributed by atoms with E-state index in [9.17, 15) is 31.5 Å². The Balaban J connectivity index is 1.56. The number of alkyl halides is 3. The molecule has 37 heavy (non-hydrogen) atoms. The second-order valence-corrected chi connectivity index (χ2v) is 9.97. The number of nitrogens with zero attached hydrogens (tertiary/aromatic N) is 1. The van der Waals surface area contributed by atoms with Crippen molar-refractivity contribution in [3.8, 4) is 11.1 Å². The van der Waals surface area contributed by atoms with Gasteiger partial charge in [-0.05, 0) is 42.5 Å². The standard InChI is InChI=1S/C26H24F6N2O3/c27-16-6-15(7-16)25(36)34-20(24(31)32)10-26(12-37-11-22(35)33-26)21(34)8-13-2-1-3-19(23(13)30)14-4-17(28)9-18(29)5-14/h1-5,9,15-16,20-21,24H,6-8,10-12H2,(H,33,35). The highest BCUT2D eigenvalue weighted by Crippen LogP contribution is 2.43. The Morgan fingerprint density at radius 1 is 1.14 bits per heavy atom. The molecule has 0 bridgehead atoms. The molecule has 2 aromatic carbocycles. The van der Waals surface area contributed by atoms with E-state index in [0.717, 1.165) is 17.0 Å². The zero-order valence-electron chi connectivity index (χ0n) is 19.5. The third-order valence-corrected chi connectivity index (χ3v) is 7.53. The molecule has 11 heteroatoms. The number of rotatable bonds is 5. The minimum absolute atomic E-state index is 0.00365. The van der Waals surface area contributed by atoms with Gasteiger partial charge in [-0.1, -0.05) is 18.2 Å². The largest absolute Gasteiger partial charge is 0.369 e. The molecule has 2 aliphatic heterocycles. The Kier molecular flexibility index (Phi) is 6.68. The predicted octanol–water partition coefficient (Wildman–Crippen LogP) is 4.18. The topological polar surface area (TPSA) is 58.6 Å². The van der Waals surface area contributed by atoms with Crippen LogP contribution in [0.15, 0.2) is 36.4 Å². The van der Waals surface area contributed by atoms with E-state index in [4.69, 9.17) is 4.74 Å². The van der Waals surface area contributed by atoms with E-state index in [-0.39, 0.29) is 55.6 Å². The van der Waals surface area contributed by atoms with Crippen molar-refractivity contribution in [2.24, 2.45) is 5.92 Å². The van der Waals surface area contributed by atoms with Crippen LogP contribution in [-0.4, -0.2) is 60.1 Å². The van der Waals surface area contributed by atoms with E-state index in [1.54, 1.807) is 0 Å². The number of carbonyl (C=O) groups excluding carboxylic acids is 2. The number of halogens is 6. The quantitative estimate of drug-likeness (QED) is 0.595. The third kappa shape index (κ3) is 4.69. The van der Waals surface area contributed by atoms with Crippen LogP contribution in [0.1, 0.15) is 24.8 Å². The lowest BCUT2D eigenvalue weighted by molar-refractivity contribution is -0.149. The molecule has 3 atom stereocenters. The van der Waals surface area contributed by atoms with E-state index in [2.05, 4.69) is 5.32 Å². The zero-order chi connectivity index (χ0) is 26.5. The summed E-state index contributed by atoms with van der Waals surface area (Å²) in [4.78, 5) is 26.6. The van der Waals surface area contributed by atoms with Gasteiger partial charge < -0.3 is 15.0 Å². The van der Waals surface area contributed by atoms with E-state index < -0.39 is 65.4 Å². The highest BCUT2D eigenvalue weighted by Gasteiger charge is 2.59. The Morgan fingerprint density at radius 3 is 2.46 bits per heavy atom. The predicted molar refractivity (Wildman–Crippen MR) is 120 cm³/mol. The molecule has 1 aliphatic carbocycles. The van der Waals surface area contributed by atoms with Gasteiger partial charge in [0.1, 0.15) is 30.2 Å². The van der Waals surface area contributed by atoms with Crippen molar-refractivity contribution >= 4 is 11.8 Å². The molecule has 3 unspecified atom stereocenters. The number of nitrogens with one attached hydrogen (secondary N) is 1. The first-order chi connectivity index (χ1) is 17.6. The van der Waals surface area contributed by atoms with Crippen molar-refractivity contribution < 1.29 is 40.7 Å². The van der Waals surface area contributed by atoms with Crippen LogP contribution in [0.4, 0.5) is 26.3 Å². The fraction of sp³-hybridized carbons (Fsp3) is 0.462. The fourth-order valence-electron chi connectivity index (χ4n) is 5.73. The summed E-state index contributed by atoms with van der Waals surface area (Å²) in [5.41, 5.74) is -1.60. The van der Waals surface area contributed by atoms with Gasteiger partial charge in [0.15, 0.2) is 0 Å². The maximum absolute atomic E-state index is 15.7. The number of hydrogen-bond acceptors (Lipinski definition) is 3. The second-order valence-electron chi connectivity index (χ2n) is 9.97. The van der Waals surface area contributed by atoms with Crippen LogP contribution in [0.25, 0.3) is 11.1 Å². The van der Waals surface area contributed by atoms with Crippen molar-refractivity contribution in [3.63, 3.8) is 0 Å². The Labute approximate surface area is 208 Å². The normalized spacial score (nSPS) is 29.5. The second kappa shape index (κ2) is 9.66. The summed E-state index contributed by atoms with van der Waals surface area (Å²) in [6, 6.07) is 4.00. The van der Waals surface area contributed by atoms with Gasteiger partial charge >= 0.3 is 0 Å². The first kappa shape index (κ1) is 25.6. The maximum atomic E-state index is 15.7. The smallest absolute Gasteiger partial charge is 0.258 e. The summed E-state index contributed by atoms with van der Waals surface area (Å²) in [6.07, 6.45) is -4.98. The monoisotopic (exact) mass is 526 g/mol. The summed E-state index contributed by atoms with van der Waals surface area (Å²) >= 11 is 0. The Bertz CT molecular complexity index is 1200. The van der Waals surface area contributed by atoms with E-state index in [0.29, 0.717) is 6.07 Å². The van der Waals surface area contributed by atoms with Gasteiger partial charge in [0.25, 0.3) is 6.43 Å². The summed E-state index contributed by atoms with van der Waals surface area (Å²) in [5, 5.41) is 2.71. The molecule has 5 nitrogen and oxygen atoms in total. The molecule has 3 fully saturated rings. The highest BCUT2D eigenvalue weighted by atomic mass is 19.3. The van der Waals surface area contributed by atoms with Gasteiger partial charge in [-0.15, -0.1) is 0 Å². The molecule has 198 valence electrons. The Hall–Kier alpha value is -3.08. The van der Waals surface area contributed by atoms with Crippen LogP contribution in [0.5, 0.6) is 0 Å². The van der Waals surface area contributed by atoms with Crippen molar-refractivity contribution in [1.29, 1.82) is 0 Å². The summed E-state index contributed by atoms with van der Waals surface area (Å²) in [5.74, 6) is -4.67. The molecule has 2 amide bonds. The molecule has 2 heterocycles. The third-order valence-electron chi connectivity index (χ3n) is 7.53. The van der Waals surface area contributed by atoms with E-state index >= 15 is 4.39 Å². The molecule has 0 aromatic heterocycles. The molecule has 1 N–H and O–H groups in total. The van der Waals surface area contributed by atoms with Crippen molar-refractivity contribution in [1.82, 2.24) is 10.2 Å². The van der Waals surface area contributed by atoms with Gasteiger partial charge in [0.2, 0.25) is 11.8 Å². The van der Waals surface area contributed by atoms with Gasteiger partial charge in [0.05, 0.1) is 24.2 Å². The molecule has 5 rings (SSSR count). The molecule has 3 aliphatic rings. The SMILES string of the molecule is O=C1COCC2(CC(C(F)F)N(C(=O)C3CC(F)C3)C2Cc2cccc(-c3cc(F)cc(F)c3)c2F)N1. The van der Waals surface area contributed by atoms with Gasteiger partial charge in [-0.2, -0.15) is 0 Å². The molecular weight excluding hydrogens is 502 g/mol.